The van der Waals surface area contributed by atoms with Gasteiger partial charge in [-0.15, -0.1) is 0 Å². The van der Waals surface area contributed by atoms with Gasteiger partial charge in [-0.25, -0.2) is 9.78 Å². The van der Waals surface area contributed by atoms with E-state index in [4.69, 9.17) is 5.11 Å². The van der Waals surface area contributed by atoms with E-state index < -0.39 is 5.97 Å². The smallest absolute Gasteiger partial charge is 0.354 e. The normalized spacial score (nSPS) is 10.7. The maximum absolute atomic E-state index is 10.8. The van der Waals surface area contributed by atoms with Crippen molar-refractivity contribution in [2.45, 2.75) is 6.92 Å². The van der Waals surface area contributed by atoms with Crippen molar-refractivity contribution < 1.29 is 9.90 Å². The number of rotatable bonds is 1. The number of carbonyl (C=O) groups is 1. The molecular formula is C9H9N3O2. The summed E-state index contributed by atoms with van der Waals surface area (Å²) >= 11 is 0. The Balaban J connectivity index is 2.79. The molecule has 2 aromatic rings. The Hall–Kier alpha value is -1.91. The molecule has 0 fully saturated rings. The van der Waals surface area contributed by atoms with Crippen LogP contribution in [0.5, 0.6) is 0 Å². The van der Waals surface area contributed by atoms with Crippen LogP contribution in [0.3, 0.4) is 0 Å². The predicted molar refractivity (Wildman–Crippen MR) is 50.2 cm³/mol. The molecule has 0 aromatic carbocycles. The van der Waals surface area contributed by atoms with Crippen molar-refractivity contribution >= 4 is 17.0 Å². The van der Waals surface area contributed by atoms with Crippen LogP contribution in [-0.4, -0.2) is 25.8 Å². The summed E-state index contributed by atoms with van der Waals surface area (Å²) in [5, 5.41) is 12.8. The number of pyridine rings is 1. The van der Waals surface area contributed by atoms with Gasteiger partial charge >= 0.3 is 5.97 Å². The number of aryl methyl sites for hydroxylation is 2. The van der Waals surface area contributed by atoms with Crippen LogP contribution in [0.1, 0.15) is 16.1 Å². The molecule has 2 heterocycles. The number of carboxylic acids is 1. The average Bonchev–Trinajstić information content (AvgIpc) is 2.46. The number of aromatic nitrogens is 3. The SMILES string of the molecule is Cc1cc2c(cnn2C)nc1C(=O)O. The number of nitrogens with zero attached hydrogens (tertiary/aromatic N) is 3. The molecule has 0 saturated heterocycles. The monoisotopic (exact) mass is 191 g/mol. The minimum atomic E-state index is -1.01. The zero-order valence-corrected chi connectivity index (χ0v) is 7.85. The van der Waals surface area contributed by atoms with E-state index in [1.807, 2.05) is 0 Å². The summed E-state index contributed by atoms with van der Waals surface area (Å²) in [7, 11) is 1.80. The fourth-order valence-corrected chi connectivity index (χ4v) is 1.39. The highest BCUT2D eigenvalue weighted by Gasteiger charge is 2.11. The summed E-state index contributed by atoms with van der Waals surface area (Å²) in [6.45, 7) is 1.73. The summed E-state index contributed by atoms with van der Waals surface area (Å²) in [5.74, 6) is -1.01. The molecule has 0 bridgehead atoms. The fraction of sp³-hybridized carbons (Fsp3) is 0.222. The first-order chi connectivity index (χ1) is 6.59. The van der Waals surface area contributed by atoms with E-state index in [0.29, 0.717) is 11.1 Å². The van der Waals surface area contributed by atoms with Gasteiger partial charge in [-0.2, -0.15) is 5.10 Å². The molecule has 0 aliphatic heterocycles. The maximum atomic E-state index is 10.8. The third kappa shape index (κ3) is 1.14. The standard InChI is InChI=1S/C9H9N3O2/c1-5-3-7-6(4-10-12(7)2)11-8(5)9(13)14/h3-4H,1-2H3,(H,13,14). The molecule has 0 atom stereocenters. The Morgan fingerprint density at radius 3 is 2.93 bits per heavy atom. The first kappa shape index (κ1) is 8.68. The lowest BCUT2D eigenvalue weighted by Gasteiger charge is -2.00. The Kier molecular flexibility index (Phi) is 1.73. The third-order valence-corrected chi connectivity index (χ3v) is 2.13. The Bertz CT molecular complexity index is 516. The number of hydrogen-bond acceptors (Lipinski definition) is 3. The first-order valence-electron chi connectivity index (χ1n) is 4.12. The zero-order chi connectivity index (χ0) is 10.3. The molecule has 72 valence electrons. The van der Waals surface area contributed by atoms with Crippen LogP contribution >= 0.6 is 0 Å². The second-order valence-electron chi connectivity index (χ2n) is 3.13. The van der Waals surface area contributed by atoms with Gasteiger partial charge in [0.15, 0.2) is 5.69 Å². The average molecular weight is 191 g/mol. The van der Waals surface area contributed by atoms with Gasteiger partial charge in [0.1, 0.15) is 5.52 Å². The first-order valence-corrected chi connectivity index (χ1v) is 4.12. The Morgan fingerprint density at radius 1 is 1.57 bits per heavy atom. The van der Waals surface area contributed by atoms with Crippen molar-refractivity contribution in [2.75, 3.05) is 0 Å². The van der Waals surface area contributed by atoms with Crippen LogP contribution < -0.4 is 0 Å². The Labute approximate surface area is 80.0 Å². The van der Waals surface area contributed by atoms with Gasteiger partial charge in [0.05, 0.1) is 11.7 Å². The van der Waals surface area contributed by atoms with Gasteiger partial charge in [-0.05, 0) is 18.6 Å². The van der Waals surface area contributed by atoms with Gasteiger partial charge in [-0.3, -0.25) is 4.68 Å². The lowest BCUT2D eigenvalue weighted by atomic mass is 10.2. The maximum Gasteiger partial charge on any atom is 0.354 e. The molecule has 0 unspecified atom stereocenters. The van der Waals surface area contributed by atoms with Crippen molar-refractivity contribution in [3.63, 3.8) is 0 Å². The molecule has 0 amide bonds. The molecule has 2 aromatic heterocycles. The molecular weight excluding hydrogens is 182 g/mol. The highest BCUT2D eigenvalue weighted by Crippen LogP contribution is 2.15. The van der Waals surface area contributed by atoms with E-state index >= 15 is 0 Å². The van der Waals surface area contributed by atoms with E-state index in [9.17, 15) is 4.79 Å². The number of aromatic carboxylic acids is 1. The largest absolute Gasteiger partial charge is 0.477 e. The zero-order valence-electron chi connectivity index (χ0n) is 7.85. The molecule has 0 aliphatic rings. The van der Waals surface area contributed by atoms with Crippen LogP contribution in [0, 0.1) is 6.92 Å². The van der Waals surface area contributed by atoms with Crippen LogP contribution in [-0.2, 0) is 7.05 Å². The van der Waals surface area contributed by atoms with E-state index in [0.717, 1.165) is 5.52 Å². The summed E-state index contributed by atoms with van der Waals surface area (Å²) in [6, 6.07) is 1.78. The van der Waals surface area contributed by atoms with Gasteiger partial charge < -0.3 is 5.11 Å². The van der Waals surface area contributed by atoms with Crippen molar-refractivity contribution in [3.05, 3.63) is 23.5 Å². The highest BCUT2D eigenvalue weighted by molar-refractivity contribution is 5.90. The molecule has 0 spiro atoms. The lowest BCUT2D eigenvalue weighted by Crippen LogP contribution is -2.03. The van der Waals surface area contributed by atoms with Gasteiger partial charge in [0.25, 0.3) is 0 Å². The minimum Gasteiger partial charge on any atom is -0.477 e. The molecule has 0 radical (unpaired) electrons. The van der Waals surface area contributed by atoms with Crippen molar-refractivity contribution in [3.8, 4) is 0 Å². The van der Waals surface area contributed by atoms with Crippen molar-refractivity contribution in [2.24, 2.45) is 7.05 Å². The fourth-order valence-electron chi connectivity index (χ4n) is 1.39. The Morgan fingerprint density at radius 2 is 2.29 bits per heavy atom. The van der Waals surface area contributed by atoms with E-state index in [1.54, 1.807) is 30.9 Å². The van der Waals surface area contributed by atoms with Crippen LogP contribution in [0.2, 0.25) is 0 Å². The van der Waals surface area contributed by atoms with Gasteiger partial charge in [0, 0.05) is 7.05 Å². The second-order valence-corrected chi connectivity index (χ2v) is 3.13. The van der Waals surface area contributed by atoms with E-state index in [2.05, 4.69) is 10.1 Å². The molecule has 0 saturated carbocycles. The molecule has 5 nitrogen and oxygen atoms in total. The molecule has 5 heteroatoms. The number of hydrogen-bond donors (Lipinski definition) is 1. The molecule has 0 aliphatic carbocycles. The number of fused-ring (bicyclic) bond motifs is 1. The van der Waals surface area contributed by atoms with Crippen LogP contribution in [0.25, 0.3) is 11.0 Å². The summed E-state index contributed by atoms with van der Waals surface area (Å²) < 4.78 is 1.67. The second kappa shape index (κ2) is 2.80. The molecule has 1 N–H and O–H groups in total. The quantitative estimate of drug-likeness (QED) is 0.729. The van der Waals surface area contributed by atoms with Crippen LogP contribution in [0.15, 0.2) is 12.3 Å². The molecule has 14 heavy (non-hydrogen) atoms. The van der Waals surface area contributed by atoms with Crippen molar-refractivity contribution in [1.82, 2.24) is 14.8 Å². The van der Waals surface area contributed by atoms with E-state index in [-0.39, 0.29) is 5.69 Å². The minimum absolute atomic E-state index is 0.0884. The summed E-state index contributed by atoms with van der Waals surface area (Å²) in [4.78, 5) is 14.8. The van der Waals surface area contributed by atoms with Crippen molar-refractivity contribution in [1.29, 1.82) is 0 Å². The topological polar surface area (TPSA) is 68.0 Å². The summed E-state index contributed by atoms with van der Waals surface area (Å²) in [5.41, 5.74) is 2.18. The highest BCUT2D eigenvalue weighted by atomic mass is 16.4. The van der Waals surface area contributed by atoms with Gasteiger partial charge in [-0.1, -0.05) is 0 Å². The summed E-state index contributed by atoms with van der Waals surface area (Å²) in [6.07, 6.45) is 1.56. The lowest BCUT2D eigenvalue weighted by molar-refractivity contribution is 0.0690. The van der Waals surface area contributed by atoms with E-state index in [1.165, 1.54) is 0 Å². The number of carboxylic acid groups (broad SMARTS) is 1. The third-order valence-electron chi connectivity index (χ3n) is 2.13. The molecule has 2 rings (SSSR count). The predicted octanol–water partition coefficient (Wildman–Crippen LogP) is 0.975. The van der Waals surface area contributed by atoms with Gasteiger partial charge in [0.2, 0.25) is 0 Å². The van der Waals surface area contributed by atoms with Crippen LogP contribution in [0.4, 0.5) is 0 Å².